The summed E-state index contributed by atoms with van der Waals surface area (Å²) < 4.78 is 5.15. The molecule has 4 nitrogen and oxygen atoms in total. The zero-order chi connectivity index (χ0) is 13.8. The lowest BCUT2D eigenvalue weighted by molar-refractivity contribution is 0.0525. The van der Waals surface area contributed by atoms with Crippen LogP contribution in [-0.4, -0.2) is 23.2 Å². The lowest BCUT2D eigenvalue weighted by Crippen LogP contribution is -2.34. The first kappa shape index (κ1) is 14.8. The summed E-state index contributed by atoms with van der Waals surface area (Å²) in [5.74, 6) is 0.106. The van der Waals surface area contributed by atoms with Crippen molar-refractivity contribution in [1.82, 2.24) is 10.3 Å². The van der Waals surface area contributed by atoms with Crippen molar-refractivity contribution in [3.63, 3.8) is 0 Å². The smallest absolute Gasteiger partial charge is 0.407 e. The van der Waals surface area contributed by atoms with E-state index in [1.165, 1.54) is 0 Å². The number of rotatable bonds is 3. The van der Waals surface area contributed by atoms with E-state index in [9.17, 15) is 4.79 Å². The van der Waals surface area contributed by atoms with Crippen molar-refractivity contribution < 1.29 is 9.53 Å². The maximum Gasteiger partial charge on any atom is 0.407 e. The summed E-state index contributed by atoms with van der Waals surface area (Å²) in [4.78, 5) is 15.7. The molecule has 1 amide bonds. The van der Waals surface area contributed by atoms with Gasteiger partial charge in [0, 0.05) is 24.4 Å². The van der Waals surface area contributed by atoms with Crippen molar-refractivity contribution in [2.45, 2.75) is 39.2 Å². The van der Waals surface area contributed by atoms with Crippen LogP contribution in [0, 0.1) is 0 Å². The minimum Gasteiger partial charge on any atom is -0.444 e. The van der Waals surface area contributed by atoms with Gasteiger partial charge in [-0.2, -0.15) is 0 Å². The number of amides is 1. The fourth-order valence-corrected chi connectivity index (χ4v) is 1.45. The number of nitrogens with zero attached hydrogens (tertiary/aromatic N) is 1. The highest BCUT2D eigenvalue weighted by Crippen LogP contribution is 2.14. The molecule has 0 aromatic carbocycles. The minimum absolute atomic E-state index is 0.106. The van der Waals surface area contributed by atoms with E-state index < -0.39 is 11.7 Å². The first-order chi connectivity index (χ1) is 8.28. The predicted molar refractivity (Wildman–Crippen MR) is 71.9 cm³/mol. The van der Waals surface area contributed by atoms with Crippen LogP contribution < -0.4 is 5.32 Å². The van der Waals surface area contributed by atoms with E-state index in [0.29, 0.717) is 11.6 Å². The second-order valence-corrected chi connectivity index (χ2v) is 5.62. The molecule has 1 aromatic heterocycles. The summed E-state index contributed by atoms with van der Waals surface area (Å²) in [6, 6.07) is 3.64. The van der Waals surface area contributed by atoms with Gasteiger partial charge in [-0.1, -0.05) is 18.5 Å². The molecule has 0 saturated heterocycles. The minimum atomic E-state index is -0.480. The summed E-state index contributed by atoms with van der Waals surface area (Å²) in [7, 11) is 0. The van der Waals surface area contributed by atoms with E-state index in [0.717, 1.165) is 5.69 Å². The number of pyridine rings is 1. The molecule has 1 unspecified atom stereocenters. The van der Waals surface area contributed by atoms with Gasteiger partial charge in [-0.25, -0.2) is 4.79 Å². The summed E-state index contributed by atoms with van der Waals surface area (Å²) in [5.41, 5.74) is 0.404. The molecule has 0 spiro atoms. The van der Waals surface area contributed by atoms with Crippen LogP contribution in [0.4, 0.5) is 4.79 Å². The molecule has 18 heavy (non-hydrogen) atoms. The van der Waals surface area contributed by atoms with Gasteiger partial charge in [0.15, 0.2) is 0 Å². The zero-order valence-electron chi connectivity index (χ0n) is 11.2. The van der Waals surface area contributed by atoms with Gasteiger partial charge in [0.05, 0.1) is 5.02 Å². The third kappa shape index (κ3) is 5.36. The number of aromatic nitrogens is 1. The number of ether oxygens (including phenoxy) is 1. The monoisotopic (exact) mass is 270 g/mol. The molecule has 0 fully saturated rings. The molecule has 1 N–H and O–H groups in total. The molecule has 1 rings (SSSR count). The molecule has 5 heteroatoms. The summed E-state index contributed by atoms with van der Waals surface area (Å²) in [5, 5.41) is 3.32. The highest BCUT2D eigenvalue weighted by molar-refractivity contribution is 6.30. The Morgan fingerprint density at radius 2 is 2.17 bits per heavy atom. The van der Waals surface area contributed by atoms with Crippen molar-refractivity contribution in [2.24, 2.45) is 0 Å². The Bertz CT molecular complexity index is 398. The van der Waals surface area contributed by atoms with E-state index in [2.05, 4.69) is 10.3 Å². The van der Waals surface area contributed by atoms with Crippen LogP contribution in [0.1, 0.15) is 39.3 Å². The topological polar surface area (TPSA) is 51.2 Å². The Balaban J connectivity index is 2.44. The van der Waals surface area contributed by atoms with E-state index in [-0.39, 0.29) is 5.92 Å². The van der Waals surface area contributed by atoms with Gasteiger partial charge in [0.1, 0.15) is 5.60 Å². The van der Waals surface area contributed by atoms with Crippen LogP contribution in [-0.2, 0) is 4.74 Å². The molecule has 1 heterocycles. The van der Waals surface area contributed by atoms with Crippen LogP contribution in [0.3, 0.4) is 0 Å². The number of carbonyl (C=O) groups is 1. The van der Waals surface area contributed by atoms with E-state index >= 15 is 0 Å². The predicted octanol–water partition coefficient (Wildman–Crippen LogP) is 3.36. The number of carbonyl (C=O) groups excluding carboxylic acids is 1. The van der Waals surface area contributed by atoms with E-state index in [4.69, 9.17) is 16.3 Å². The Morgan fingerprint density at radius 3 is 2.67 bits per heavy atom. The largest absolute Gasteiger partial charge is 0.444 e. The Hall–Kier alpha value is -1.29. The van der Waals surface area contributed by atoms with Crippen molar-refractivity contribution >= 4 is 17.7 Å². The van der Waals surface area contributed by atoms with Crippen LogP contribution >= 0.6 is 11.6 Å². The lowest BCUT2D eigenvalue weighted by Gasteiger charge is -2.20. The van der Waals surface area contributed by atoms with Crippen molar-refractivity contribution in [2.75, 3.05) is 6.54 Å². The molecule has 100 valence electrons. The zero-order valence-corrected chi connectivity index (χ0v) is 11.9. The summed E-state index contributed by atoms with van der Waals surface area (Å²) in [6.07, 6.45) is 1.18. The maximum absolute atomic E-state index is 11.5. The Labute approximate surface area is 113 Å². The van der Waals surface area contributed by atoms with Crippen LogP contribution in [0.25, 0.3) is 0 Å². The lowest BCUT2D eigenvalue weighted by atomic mass is 10.1. The average molecular weight is 271 g/mol. The molecule has 1 aromatic rings. The third-order valence-corrected chi connectivity index (χ3v) is 2.43. The first-order valence-electron chi connectivity index (χ1n) is 5.86. The van der Waals surface area contributed by atoms with E-state index in [1.807, 2.05) is 33.8 Å². The molecule has 1 atom stereocenters. The number of alkyl carbamates (subject to hydrolysis) is 1. The molecule has 0 saturated carbocycles. The average Bonchev–Trinajstić information content (AvgIpc) is 2.24. The van der Waals surface area contributed by atoms with Gasteiger partial charge in [-0.3, -0.25) is 4.98 Å². The SMILES string of the molecule is CC(CNC(=O)OC(C)(C)C)c1ccc(Cl)cn1. The van der Waals surface area contributed by atoms with Crippen LogP contribution in [0.15, 0.2) is 18.3 Å². The highest BCUT2D eigenvalue weighted by Gasteiger charge is 2.16. The molecule has 0 bridgehead atoms. The van der Waals surface area contributed by atoms with Crippen LogP contribution in [0.2, 0.25) is 5.02 Å². The Kier molecular flexibility index (Phi) is 4.96. The third-order valence-electron chi connectivity index (χ3n) is 2.21. The molecule has 0 radical (unpaired) electrons. The molecule has 0 aliphatic carbocycles. The van der Waals surface area contributed by atoms with Gasteiger partial charge in [-0.15, -0.1) is 0 Å². The number of hydrogen-bond donors (Lipinski definition) is 1. The van der Waals surface area contributed by atoms with Crippen molar-refractivity contribution in [3.8, 4) is 0 Å². The molecular formula is C13H19ClN2O2. The number of hydrogen-bond acceptors (Lipinski definition) is 3. The van der Waals surface area contributed by atoms with Gasteiger partial charge < -0.3 is 10.1 Å². The van der Waals surface area contributed by atoms with Crippen molar-refractivity contribution in [1.29, 1.82) is 0 Å². The summed E-state index contributed by atoms with van der Waals surface area (Å²) in [6.45, 7) is 7.95. The second kappa shape index (κ2) is 6.05. The molecule has 0 aliphatic rings. The fourth-order valence-electron chi connectivity index (χ4n) is 1.33. The van der Waals surface area contributed by atoms with Gasteiger partial charge in [0.25, 0.3) is 0 Å². The molecular weight excluding hydrogens is 252 g/mol. The van der Waals surface area contributed by atoms with Crippen molar-refractivity contribution in [3.05, 3.63) is 29.0 Å². The fraction of sp³-hybridized carbons (Fsp3) is 0.538. The van der Waals surface area contributed by atoms with E-state index in [1.54, 1.807) is 12.3 Å². The quantitative estimate of drug-likeness (QED) is 0.916. The maximum atomic E-state index is 11.5. The van der Waals surface area contributed by atoms with Crippen LogP contribution in [0.5, 0.6) is 0 Å². The summed E-state index contributed by atoms with van der Waals surface area (Å²) >= 11 is 5.76. The number of nitrogens with one attached hydrogen (secondary N) is 1. The van der Waals surface area contributed by atoms with Gasteiger partial charge >= 0.3 is 6.09 Å². The number of halogens is 1. The normalized spacial score (nSPS) is 12.9. The second-order valence-electron chi connectivity index (χ2n) is 5.19. The van der Waals surface area contributed by atoms with Gasteiger partial charge in [0.2, 0.25) is 0 Å². The first-order valence-corrected chi connectivity index (χ1v) is 6.24. The Morgan fingerprint density at radius 1 is 1.50 bits per heavy atom. The standard InChI is InChI=1S/C13H19ClN2O2/c1-9(11-6-5-10(14)8-15-11)7-16-12(17)18-13(2,3)4/h5-6,8-9H,7H2,1-4H3,(H,16,17). The highest BCUT2D eigenvalue weighted by atomic mass is 35.5. The van der Waals surface area contributed by atoms with Gasteiger partial charge in [-0.05, 0) is 32.9 Å². The molecule has 0 aliphatic heterocycles.